The Bertz CT molecular complexity index is 85.0. The average Bonchev–Trinajstić information content (AvgIpc) is 2.18. The van der Waals surface area contributed by atoms with Crippen molar-refractivity contribution in [1.82, 2.24) is 0 Å². The second-order valence-electron chi connectivity index (χ2n) is 2.74. The van der Waals surface area contributed by atoms with Gasteiger partial charge in [-0.2, -0.15) is 0 Å². The van der Waals surface area contributed by atoms with Crippen molar-refractivity contribution in [3.05, 3.63) is 0 Å². The average molecular weight is 132 g/mol. The summed E-state index contributed by atoms with van der Waals surface area (Å²) in [5.41, 5.74) is 0. The molecule has 1 nitrogen and oxygen atoms in total. The summed E-state index contributed by atoms with van der Waals surface area (Å²) in [6.45, 7) is -0.276. The Balaban J connectivity index is 2.22. The molecule has 1 aliphatic rings. The van der Waals surface area contributed by atoms with E-state index in [1.807, 2.05) is 0 Å². The third-order valence-corrected chi connectivity index (χ3v) is 2.10. The van der Waals surface area contributed by atoms with Gasteiger partial charge in [0.2, 0.25) is 0 Å². The number of aliphatic hydroxyl groups excluding tert-OH is 1. The van der Waals surface area contributed by atoms with Crippen LogP contribution in [0.4, 0.5) is 4.39 Å². The van der Waals surface area contributed by atoms with Crippen molar-refractivity contribution >= 4 is 0 Å². The number of rotatable bonds is 2. The molecule has 2 atom stereocenters. The maximum atomic E-state index is 11.7. The van der Waals surface area contributed by atoms with Gasteiger partial charge in [0.15, 0.2) is 0 Å². The van der Waals surface area contributed by atoms with Crippen LogP contribution in [-0.2, 0) is 0 Å². The third-order valence-electron chi connectivity index (χ3n) is 2.10. The molecule has 0 spiro atoms. The molecule has 2 heteroatoms. The molecule has 54 valence electrons. The smallest absolute Gasteiger partial charge is 0.0898 e. The number of aliphatic hydroxyl groups is 1. The van der Waals surface area contributed by atoms with Gasteiger partial charge in [-0.05, 0) is 25.2 Å². The van der Waals surface area contributed by atoms with E-state index in [9.17, 15) is 4.39 Å². The van der Waals surface area contributed by atoms with Gasteiger partial charge in [0, 0.05) is 0 Å². The Morgan fingerprint density at radius 1 is 1.44 bits per heavy atom. The van der Waals surface area contributed by atoms with E-state index < -0.39 is 0 Å². The second kappa shape index (κ2) is 3.16. The SMILES string of the molecule is OC1CCCC1CCF. The summed E-state index contributed by atoms with van der Waals surface area (Å²) in [4.78, 5) is 0. The van der Waals surface area contributed by atoms with Gasteiger partial charge in [0.25, 0.3) is 0 Å². The molecule has 1 N–H and O–H groups in total. The lowest BCUT2D eigenvalue weighted by atomic mass is 10.0. The maximum Gasteiger partial charge on any atom is 0.0898 e. The number of hydrogen-bond donors (Lipinski definition) is 1. The third kappa shape index (κ3) is 1.65. The van der Waals surface area contributed by atoms with E-state index in [0.717, 1.165) is 19.3 Å². The molecule has 0 heterocycles. The van der Waals surface area contributed by atoms with E-state index in [0.29, 0.717) is 6.42 Å². The van der Waals surface area contributed by atoms with Crippen molar-refractivity contribution in [2.75, 3.05) is 6.67 Å². The lowest BCUT2D eigenvalue weighted by Gasteiger charge is -2.10. The monoisotopic (exact) mass is 132 g/mol. The fourth-order valence-corrected chi connectivity index (χ4v) is 1.49. The van der Waals surface area contributed by atoms with Crippen molar-refractivity contribution in [3.8, 4) is 0 Å². The van der Waals surface area contributed by atoms with Gasteiger partial charge in [-0.15, -0.1) is 0 Å². The Hall–Kier alpha value is -0.110. The highest BCUT2D eigenvalue weighted by atomic mass is 19.1. The Labute approximate surface area is 54.9 Å². The summed E-state index contributed by atoms with van der Waals surface area (Å²) in [5.74, 6) is 0.259. The summed E-state index contributed by atoms with van der Waals surface area (Å²) >= 11 is 0. The first-order chi connectivity index (χ1) is 4.34. The van der Waals surface area contributed by atoms with Gasteiger partial charge in [-0.1, -0.05) is 6.42 Å². The fourth-order valence-electron chi connectivity index (χ4n) is 1.49. The lowest BCUT2D eigenvalue weighted by Crippen LogP contribution is -2.13. The summed E-state index contributed by atoms with van der Waals surface area (Å²) in [7, 11) is 0. The minimum absolute atomic E-state index is 0.208. The molecular formula is C7H13FO. The fraction of sp³-hybridized carbons (Fsp3) is 1.00. The van der Waals surface area contributed by atoms with E-state index in [2.05, 4.69) is 0 Å². The summed E-state index contributed by atoms with van der Waals surface area (Å²) < 4.78 is 11.7. The molecule has 0 aromatic rings. The minimum atomic E-state index is -0.276. The second-order valence-corrected chi connectivity index (χ2v) is 2.74. The molecule has 0 saturated heterocycles. The van der Waals surface area contributed by atoms with Crippen molar-refractivity contribution in [3.63, 3.8) is 0 Å². The van der Waals surface area contributed by atoms with Gasteiger partial charge in [-0.3, -0.25) is 4.39 Å². The highest BCUT2D eigenvalue weighted by Crippen LogP contribution is 2.27. The van der Waals surface area contributed by atoms with Crippen LogP contribution in [0.1, 0.15) is 25.7 Å². The molecule has 0 aromatic heterocycles. The summed E-state index contributed by atoms with van der Waals surface area (Å²) in [6.07, 6.45) is 3.32. The molecule has 1 aliphatic carbocycles. The van der Waals surface area contributed by atoms with Crippen LogP contribution < -0.4 is 0 Å². The van der Waals surface area contributed by atoms with Crippen LogP contribution in [0, 0.1) is 5.92 Å². The van der Waals surface area contributed by atoms with Crippen LogP contribution >= 0.6 is 0 Å². The zero-order chi connectivity index (χ0) is 6.69. The minimum Gasteiger partial charge on any atom is -0.393 e. The maximum absolute atomic E-state index is 11.7. The van der Waals surface area contributed by atoms with Crippen LogP contribution in [0.2, 0.25) is 0 Å². The first-order valence-electron chi connectivity index (χ1n) is 3.58. The van der Waals surface area contributed by atoms with E-state index in [4.69, 9.17) is 5.11 Å². The van der Waals surface area contributed by atoms with E-state index >= 15 is 0 Å². The Kier molecular flexibility index (Phi) is 2.46. The molecule has 1 rings (SSSR count). The summed E-state index contributed by atoms with van der Waals surface area (Å²) in [6, 6.07) is 0. The molecule has 1 saturated carbocycles. The van der Waals surface area contributed by atoms with Crippen LogP contribution in [-0.4, -0.2) is 17.9 Å². The number of hydrogen-bond acceptors (Lipinski definition) is 1. The molecule has 0 amide bonds. The first kappa shape index (κ1) is 7.00. The molecule has 2 unspecified atom stereocenters. The Morgan fingerprint density at radius 2 is 2.22 bits per heavy atom. The predicted octanol–water partition coefficient (Wildman–Crippen LogP) is 1.51. The quantitative estimate of drug-likeness (QED) is 0.603. The normalized spacial score (nSPS) is 35.3. The molecule has 0 aromatic carbocycles. The highest BCUT2D eigenvalue weighted by molar-refractivity contribution is 4.75. The van der Waals surface area contributed by atoms with Crippen LogP contribution in [0.15, 0.2) is 0 Å². The summed E-state index contributed by atoms with van der Waals surface area (Å²) in [5, 5.41) is 9.15. The molecular weight excluding hydrogens is 119 g/mol. The van der Waals surface area contributed by atoms with Crippen LogP contribution in [0.5, 0.6) is 0 Å². The number of halogens is 1. The van der Waals surface area contributed by atoms with Crippen molar-refractivity contribution in [2.24, 2.45) is 5.92 Å². The topological polar surface area (TPSA) is 20.2 Å². The molecule has 9 heavy (non-hydrogen) atoms. The van der Waals surface area contributed by atoms with Crippen molar-refractivity contribution in [1.29, 1.82) is 0 Å². The molecule has 0 bridgehead atoms. The number of alkyl halides is 1. The van der Waals surface area contributed by atoms with Gasteiger partial charge in [-0.25, -0.2) is 0 Å². The lowest BCUT2D eigenvalue weighted by molar-refractivity contribution is 0.123. The first-order valence-corrected chi connectivity index (χ1v) is 3.58. The van der Waals surface area contributed by atoms with Gasteiger partial charge >= 0.3 is 0 Å². The zero-order valence-electron chi connectivity index (χ0n) is 5.52. The van der Waals surface area contributed by atoms with E-state index in [1.54, 1.807) is 0 Å². The van der Waals surface area contributed by atoms with Crippen LogP contribution in [0.3, 0.4) is 0 Å². The van der Waals surface area contributed by atoms with Gasteiger partial charge in [0.05, 0.1) is 12.8 Å². The highest BCUT2D eigenvalue weighted by Gasteiger charge is 2.24. The Morgan fingerprint density at radius 3 is 2.67 bits per heavy atom. The standard InChI is InChI=1S/C7H13FO/c8-5-4-6-2-1-3-7(6)9/h6-7,9H,1-5H2. The van der Waals surface area contributed by atoms with Crippen molar-refractivity contribution < 1.29 is 9.50 Å². The van der Waals surface area contributed by atoms with Gasteiger partial charge < -0.3 is 5.11 Å². The molecule has 1 fully saturated rings. The van der Waals surface area contributed by atoms with E-state index in [-0.39, 0.29) is 18.7 Å². The molecule has 0 aliphatic heterocycles. The van der Waals surface area contributed by atoms with Crippen molar-refractivity contribution in [2.45, 2.75) is 31.8 Å². The molecule has 0 radical (unpaired) electrons. The van der Waals surface area contributed by atoms with Gasteiger partial charge in [0.1, 0.15) is 0 Å². The van der Waals surface area contributed by atoms with Crippen LogP contribution in [0.25, 0.3) is 0 Å². The largest absolute Gasteiger partial charge is 0.393 e. The zero-order valence-corrected chi connectivity index (χ0v) is 5.52. The predicted molar refractivity (Wildman–Crippen MR) is 33.9 cm³/mol. The van der Waals surface area contributed by atoms with E-state index in [1.165, 1.54) is 0 Å².